The summed E-state index contributed by atoms with van der Waals surface area (Å²) in [7, 11) is 1.67. The van der Waals surface area contributed by atoms with E-state index in [4.69, 9.17) is 19.4 Å². The molecule has 0 unspecified atom stereocenters. The summed E-state index contributed by atoms with van der Waals surface area (Å²) in [6.45, 7) is 3.02. The standard InChI is InChI=1S/C21H21N3O2/c1-25-18-9-7-17(8-10-18)20-15-19(16-5-3-2-4-6-16)22-21(23-20)24-11-13-26-14-12-24/h2-10,15H,11-14H2,1H3. The molecule has 26 heavy (non-hydrogen) atoms. The molecule has 1 aliphatic heterocycles. The van der Waals surface area contributed by atoms with Crippen molar-refractivity contribution in [2.24, 2.45) is 0 Å². The zero-order valence-corrected chi connectivity index (χ0v) is 14.8. The fraction of sp³-hybridized carbons (Fsp3) is 0.238. The van der Waals surface area contributed by atoms with E-state index in [0.717, 1.165) is 47.3 Å². The van der Waals surface area contributed by atoms with E-state index in [0.29, 0.717) is 13.2 Å². The molecule has 2 heterocycles. The number of aromatic nitrogens is 2. The van der Waals surface area contributed by atoms with Crippen LogP contribution in [0.4, 0.5) is 5.95 Å². The van der Waals surface area contributed by atoms with Crippen LogP contribution in [-0.2, 0) is 4.74 Å². The van der Waals surface area contributed by atoms with Gasteiger partial charge in [0.25, 0.3) is 0 Å². The lowest BCUT2D eigenvalue weighted by molar-refractivity contribution is 0.122. The second-order valence-electron chi connectivity index (χ2n) is 6.13. The van der Waals surface area contributed by atoms with Crippen molar-refractivity contribution in [3.63, 3.8) is 0 Å². The summed E-state index contributed by atoms with van der Waals surface area (Å²) in [4.78, 5) is 11.8. The number of rotatable bonds is 4. The number of morpholine rings is 1. The predicted octanol–water partition coefficient (Wildman–Crippen LogP) is 3.66. The first-order valence-electron chi connectivity index (χ1n) is 8.75. The zero-order chi connectivity index (χ0) is 17.8. The van der Waals surface area contributed by atoms with Gasteiger partial charge in [-0.05, 0) is 30.3 Å². The Bertz CT molecular complexity index is 860. The Balaban J connectivity index is 1.78. The Labute approximate surface area is 153 Å². The molecule has 1 aliphatic rings. The van der Waals surface area contributed by atoms with Gasteiger partial charge in [0.1, 0.15) is 5.75 Å². The molecule has 0 bridgehead atoms. The van der Waals surface area contributed by atoms with Gasteiger partial charge in [0, 0.05) is 24.2 Å². The number of methoxy groups -OCH3 is 1. The second kappa shape index (κ2) is 7.54. The van der Waals surface area contributed by atoms with Crippen LogP contribution in [0.5, 0.6) is 5.75 Å². The van der Waals surface area contributed by atoms with Crippen LogP contribution in [0.2, 0.25) is 0 Å². The minimum Gasteiger partial charge on any atom is -0.497 e. The van der Waals surface area contributed by atoms with Gasteiger partial charge in [0.2, 0.25) is 5.95 Å². The molecule has 4 rings (SSSR count). The Hall–Kier alpha value is -2.92. The van der Waals surface area contributed by atoms with Crippen LogP contribution in [-0.4, -0.2) is 43.4 Å². The highest BCUT2D eigenvalue weighted by atomic mass is 16.5. The van der Waals surface area contributed by atoms with Crippen molar-refractivity contribution in [3.05, 3.63) is 60.7 Å². The number of hydrogen-bond acceptors (Lipinski definition) is 5. The third-order valence-corrected chi connectivity index (χ3v) is 4.46. The molecule has 132 valence electrons. The van der Waals surface area contributed by atoms with Gasteiger partial charge in [0.05, 0.1) is 31.7 Å². The first-order chi connectivity index (χ1) is 12.8. The number of anilines is 1. The molecule has 1 fully saturated rings. The lowest BCUT2D eigenvalue weighted by atomic mass is 10.1. The van der Waals surface area contributed by atoms with Gasteiger partial charge >= 0.3 is 0 Å². The van der Waals surface area contributed by atoms with Crippen LogP contribution in [0.3, 0.4) is 0 Å². The minimum absolute atomic E-state index is 0.705. The largest absolute Gasteiger partial charge is 0.497 e. The number of hydrogen-bond donors (Lipinski definition) is 0. The Morgan fingerprint density at radius 3 is 2.08 bits per heavy atom. The summed E-state index contributed by atoms with van der Waals surface area (Å²) >= 11 is 0. The SMILES string of the molecule is COc1ccc(-c2cc(-c3ccccc3)nc(N3CCOCC3)n2)cc1. The lowest BCUT2D eigenvalue weighted by Crippen LogP contribution is -2.37. The average molecular weight is 347 g/mol. The molecule has 1 aromatic heterocycles. The first kappa shape index (κ1) is 16.5. The van der Waals surface area contributed by atoms with Gasteiger partial charge < -0.3 is 14.4 Å². The summed E-state index contributed by atoms with van der Waals surface area (Å²) < 4.78 is 10.7. The summed E-state index contributed by atoms with van der Waals surface area (Å²) in [6.07, 6.45) is 0. The van der Waals surface area contributed by atoms with Gasteiger partial charge in [0.15, 0.2) is 0 Å². The normalized spacial score (nSPS) is 14.3. The van der Waals surface area contributed by atoms with Crippen LogP contribution in [0.25, 0.3) is 22.5 Å². The average Bonchev–Trinajstić information content (AvgIpc) is 2.75. The maximum Gasteiger partial charge on any atom is 0.226 e. The third kappa shape index (κ3) is 3.53. The molecule has 0 amide bonds. The maximum absolute atomic E-state index is 5.47. The van der Waals surface area contributed by atoms with E-state index in [1.165, 1.54) is 0 Å². The summed E-state index contributed by atoms with van der Waals surface area (Å²) in [5.41, 5.74) is 3.95. The van der Waals surface area contributed by atoms with Crippen molar-refractivity contribution >= 4 is 5.95 Å². The molecular weight excluding hydrogens is 326 g/mol. The van der Waals surface area contributed by atoms with Crippen molar-refractivity contribution < 1.29 is 9.47 Å². The van der Waals surface area contributed by atoms with E-state index in [2.05, 4.69) is 17.0 Å². The van der Waals surface area contributed by atoms with Crippen LogP contribution < -0.4 is 9.64 Å². The van der Waals surface area contributed by atoms with E-state index in [9.17, 15) is 0 Å². The van der Waals surface area contributed by atoms with E-state index < -0.39 is 0 Å². The molecule has 0 N–H and O–H groups in total. The van der Waals surface area contributed by atoms with Crippen molar-refractivity contribution in [3.8, 4) is 28.3 Å². The highest BCUT2D eigenvalue weighted by molar-refractivity contribution is 5.70. The van der Waals surface area contributed by atoms with Crippen LogP contribution in [0.15, 0.2) is 60.7 Å². The van der Waals surface area contributed by atoms with Crippen molar-refractivity contribution in [1.82, 2.24) is 9.97 Å². The van der Waals surface area contributed by atoms with Gasteiger partial charge in [-0.2, -0.15) is 0 Å². The van der Waals surface area contributed by atoms with Crippen molar-refractivity contribution in [2.75, 3.05) is 38.3 Å². The fourth-order valence-corrected chi connectivity index (χ4v) is 3.01. The molecule has 5 heteroatoms. The van der Waals surface area contributed by atoms with Gasteiger partial charge in [-0.25, -0.2) is 9.97 Å². The summed E-state index contributed by atoms with van der Waals surface area (Å²) in [5.74, 6) is 1.58. The predicted molar refractivity (Wildman–Crippen MR) is 102 cm³/mol. The third-order valence-electron chi connectivity index (χ3n) is 4.46. The Kier molecular flexibility index (Phi) is 4.80. The van der Waals surface area contributed by atoms with Gasteiger partial charge in [-0.3, -0.25) is 0 Å². The minimum atomic E-state index is 0.705. The van der Waals surface area contributed by atoms with Crippen LogP contribution in [0, 0.1) is 0 Å². The number of nitrogens with zero attached hydrogens (tertiary/aromatic N) is 3. The number of benzene rings is 2. The van der Waals surface area contributed by atoms with Crippen molar-refractivity contribution in [1.29, 1.82) is 0 Å². The Morgan fingerprint density at radius 2 is 1.46 bits per heavy atom. The molecule has 0 atom stereocenters. The molecular formula is C21H21N3O2. The molecule has 0 spiro atoms. The molecule has 1 saturated heterocycles. The van der Waals surface area contributed by atoms with E-state index in [-0.39, 0.29) is 0 Å². The Morgan fingerprint density at radius 1 is 0.846 bits per heavy atom. The zero-order valence-electron chi connectivity index (χ0n) is 14.8. The smallest absolute Gasteiger partial charge is 0.226 e. The highest BCUT2D eigenvalue weighted by Crippen LogP contribution is 2.27. The van der Waals surface area contributed by atoms with E-state index in [1.807, 2.05) is 48.5 Å². The van der Waals surface area contributed by atoms with Crippen LogP contribution in [0.1, 0.15) is 0 Å². The fourth-order valence-electron chi connectivity index (χ4n) is 3.01. The summed E-state index contributed by atoms with van der Waals surface area (Å²) in [5, 5.41) is 0. The molecule has 0 radical (unpaired) electrons. The molecule has 0 aliphatic carbocycles. The first-order valence-corrected chi connectivity index (χ1v) is 8.75. The molecule has 3 aromatic rings. The monoisotopic (exact) mass is 347 g/mol. The number of ether oxygens (including phenoxy) is 2. The van der Waals surface area contributed by atoms with Crippen LogP contribution >= 0.6 is 0 Å². The molecule has 5 nitrogen and oxygen atoms in total. The quantitative estimate of drug-likeness (QED) is 0.721. The molecule has 0 saturated carbocycles. The topological polar surface area (TPSA) is 47.5 Å². The maximum atomic E-state index is 5.47. The van der Waals surface area contributed by atoms with Gasteiger partial charge in [-0.15, -0.1) is 0 Å². The summed E-state index contributed by atoms with van der Waals surface area (Å²) in [6, 6.07) is 20.2. The van der Waals surface area contributed by atoms with Gasteiger partial charge in [-0.1, -0.05) is 30.3 Å². The molecule has 2 aromatic carbocycles. The van der Waals surface area contributed by atoms with E-state index >= 15 is 0 Å². The highest BCUT2D eigenvalue weighted by Gasteiger charge is 2.17. The lowest BCUT2D eigenvalue weighted by Gasteiger charge is -2.27. The van der Waals surface area contributed by atoms with Crippen molar-refractivity contribution in [2.45, 2.75) is 0 Å². The second-order valence-corrected chi connectivity index (χ2v) is 6.13. The van der Waals surface area contributed by atoms with E-state index in [1.54, 1.807) is 7.11 Å².